The quantitative estimate of drug-likeness (QED) is 0.246. The minimum atomic E-state index is 0.626. The zero-order valence-corrected chi connectivity index (χ0v) is 15.5. The Balaban J connectivity index is 2.09. The van der Waals surface area contributed by atoms with E-state index in [0.717, 1.165) is 30.1 Å². The second kappa shape index (κ2) is 9.05. The van der Waals surface area contributed by atoms with E-state index in [1.54, 1.807) is 7.11 Å². The molecule has 0 aromatic heterocycles. The fourth-order valence-electron chi connectivity index (χ4n) is 2.18. The summed E-state index contributed by atoms with van der Waals surface area (Å²) in [6, 6.07) is 18.4. The Morgan fingerprint density at radius 1 is 1.14 bits per heavy atom. The van der Waals surface area contributed by atoms with E-state index in [1.165, 1.54) is 5.56 Å². The third-order valence-corrected chi connectivity index (χ3v) is 4.21. The molecule has 116 valence electrons. The summed E-state index contributed by atoms with van der Waals surface area (Å²) in [5, 5.41) is 0. The molecule has 5 heteroatoms. The Kier molecular flexibility index (Phi) is 7.05. The molecular weight excluding hydrogens is 407 g/mol. The monoisotopic (exact) mass is 426 g/mol. The minimum Gasteiger partial charge on any atom is -0.497 e. The van der Waals surface area contributed by atoms with Crippen molar-refractivity contribution in [3.8, 4) is 5.75 Å². The van der Waals surface area contributed by atoms with E-state index in [1.807, 2.05) is 53.2 Å². The topological polar surface area (TPSA) is 24.8 Å². The normalized spacial score (nSPS) is 11.3. The first kappa shape index (κ1) is 17.1. The summed E-state index contributed by atoms with van der Waals surface area (Å²) >= 11 is 6.51. The number of hydrogen-bond donors (Lipinski definition) is 1. The van der Waals surface area contributed by atoms with E-state index >= 15 is 0 Å². The molecule has 0 amide bonds. The van der Waals surface area contributed by atoms with Gasteiger partial charge in [-0.3, -0.25) is 0 Å². The molecule has 0 bridgehead atoms. The molecule has 0 aliphatic heterocycles. The molecule has 0 saturated heterocycles. The van der Waals surface area contributed by atoms with Gasteiger partial charge >= 0.3 is 0 Å². The first-order chi connectivity index (χ1) is 10.8. The molecule has 0 heterocycles. The van der Waals surface area contributed by atoms with Crippen molar-refractivity contribution in [2.75, 3.05) is 19.5 Å². The van der Waals surface area contributed by atoms with Gasteiger partial charge in [0, 0.05) is 12.1 Å². The molecule has 0 aliphatic rings. The van der Waals surface area contributed by atoms with Gasteiger partial charge in [0.05, 0.1) is 35.9 Å². The molecule has 2 aromatic carbocycles. The summed E-state index contributed by atoms with van der Waals surface area (Å²) < 4.78 is 9.62. The molecule has 0 radical (unpaired) electrons. The van der Waals surface area contributed by atoms with Crippen molar-refractivity contribution in [2.24, 2.45) is 3.21 Å². The van der Waals surface area contributed by atoms with Gasteiger partial charge in [-0.15, -0.1) is 0 Å². The number of rotatable bonds is 6. The van der Waals surface area contributed by atoms with Crippen LogP contribution in [0, 0.1) is 0 Å². The van der Waals surface area contributed by atoms with Crippen LogP contribution in [-0.2, 0) is 6.42 Å². The number of hydrogen-bond acceptors (Lipinski definition) is 3. The van der Waals surface area contributed by atoms with E-state index in [9.17, 15) is 0 Å². The summed E-state index contributed by atoms with van der Waals surface area (Å²) in [5.41, 5.74) is 2.38. The molecule has 22 heavy (non-hydrogen) atoms. The lowest BCUT2D eigenvalue weighted by molar-refractivity contribution is 0.414. The van der Waals surface area contributed by atoms with Gasteiger partial charge < -0.3 is 9.64 Å². The number of thiol groups is 1. The van der Waals surface area contributed by atoms with Gasteiger partial charge in [-0.25, -0.2) is 0 Å². The first-order valence-electron chi connectivity index (χ1n) is 7.01. The highest BCUT2D eigenvalue weighted by Gasteiger charge is 2.12. The molecule has 0 fully saturated rings. The van der Waals surface area contributed by atoms with Crippen LogP contribution in [0.4, 0.5) is 0 Å². The summed E-state index contributed by atoms with van der Waals surface area (Å²) in [5.74, 6) is 2.41. The predicted molar refractivity (Wildman–Crippen MR) is 104 cm³/mol. The fraction of sp³-hybridized carbons (Fsp3) is 0.235. The van der Waals surface area contributed by atoms with E-state index in [4.69, 9.17) is 4.74 Å². The van der Waals surface area contributed by atoms with E-state index in [-0.39, 0.29) is 0 Å². The van der Waals surface area contributed by atoms with E-state index in [0.29, 0.717) is 5.88 Å². The lowest BCUT2D eigenvalue weighted by Crippen LogP contribution is -2.32. The van der Waals surface area contributed by atoms with Gasteiger partial charge in [-0.2, -0.15) is 15.8 Å². The Labute approximate surface area is 151 Å². The molecule has 0 saturated carbocycles. The number of nitrogens with zero attached hydrogens (tertiary/aromatic N) is 2. The van der Waals surface area contributed by atoms with Gasteiger partial charge in [0.2, 0.25) is 0 Å². The number of halogens is 1. The van der Waals surface area contributed by atoms with Crippen LogP contribution in [0.3, 0.4) is 0 Å². The molecule has 2 aromatic rings. The Morgan fingerprint density at radius 3 is 2.36 bits per heavy atom. The third-order valence-electron chi connectivity index (χ3n) is 3.41. The molecular formula is C17H19IN2OS. The highest BCUT2D eigenvalue weighted by Crippen LogP contribution is 2.16. The maximum Gasteiger partial charge on any atom is 0.142 e. The molecule has 3 nitrogen and oxygen atoms in total. The van der Waals surface area contributed by atoms with Crippen LogP contribution in [0.2, 0.25) is 0 Å². The van der Waals surface area contributed by atoms with E-state index in [2.05, 4.69) is 45.0 Å². The van der Waals surface area contributed by atoms with Crippen molar-refractivity contribution in [1.82, 2.24) is 4.90 Å². The van der Waals surface area contributed by atoms with Gasteiger partial charge in [0.25, 0.3) is 0 Å². The Bertz CT molecular complexity index is 602. The lowest BCUT2D eigenvalue weighted by Gasteiger charge is -2.24. The molecule has 0 aliphatic carbocycles. The van der Waals surface area contributed by atoms with E-state index < -0.39 is 0 Å². The predicted octanol–water partition coefficient (Wildman–Crippen LogP) is 4.22. The second-order valence-corrected chi connectivity index (χ2v) is 5.54. The van der Waals surface area contributed by atoms with Crippen LogP contribution in [0.5, 0.6) is 5.75 Å². The summed E-state index contributed by atoms with van der Waals surface area (Å²) in [4.78, 5) is 2.17. The largest absolute Gasteiger partial charge is 0.497 e. The molecule has 0 N–H and O–H groups in total. The standard InChI is InChI=1S/C17H19IN2OS/c1-21-16-9-7-15(8-10-16)17(19-18)20(13-22)12-11-14-5-3-2-4-6-14/h2-10,22H,11-13H2,1H3. The van der Waals surface area contributed by atoms with Gasteiger partial charge in [0.1, 0.15) is 11.6 Å². The van der Waals surface area contributed by atoms with Gasteiger partial charge in [-0.1, -0.05) is 30.3 Å². The first-order valence-corrected chi connectivity index (χ1v) is 8.61. The number of methoxy groups -OCH3 is 1. The summed E-state index contributed by atoms with van der Waals surface area (Å²) in [7, 11) is 1.67. The fourth-order valence-corrected chi connectivity index (χ4v) is 3.04. The van der Waals surface area contributed by atoms with Gasteiger partial charge in [-0.05, 0) is 36.2 Å². The molecule has 0 unspecified atom stereocenters. The van der Waals surface area contributed by atoms with Crippen molar-refractivity contribution >= 4 is 41.3 Å². The van der Waals surface area contributed by atoms with Gasteiger partial charge in [0.15, 0.2) is 0 Å². The minimum absolute atomic E-state index is 0.626. The second-order valence-electron chi connectivity index (χ2n) is 4.78. The lowest BCUT2D eigenvalue weighted by atomic mass is 10.1. The zero-order chi connectivity index (χ0) is 15.8. The van der Waals surface area contributed by atoms with Crippen LogP contribution >= 0.6 is 35.5 Å². The molecule has 2 rings (SSSR count). The highest BCUT2D eigenvalue weighted by atomic mass is 127. The third kappa shape index (κ3) is 4.64. The highest BCUT2D eigenvalue weighted by molar-refractivity contribution is 14.1. The van der Waals surface area contributed by atoms with Crippen molar-refractivity contribution < 1.29 is 4.74 Å². The maximum atomic E-state index is 5.20. The average Bonchev–Trinajstić information content (AvgIpc) is 2.59. The number of ether oxygens (including phenoxy) is 1. The average molecular weight is 426 g/mol. The summed E-state index contributed by atoms with van der Waals surface area (Å²) in [6.45, 7) is 0.876. The van der Waals surface area contributed by atoms with Crippen LogP contribution < -0.4 is 4.74 Å². The molecule has 0 spiro atoms. The maximum absolute atomic E-state index is 5.20. The van der Waals surface area contributed by atoms with Crippen molar-refractivity contribution in [3.63, 3.8) is 0 Å². The SMILES string of the molecule is COc1ccc(C(=NI)N(CS)CCc2ccccc2)cc1. The smallest absolute Gasteiger partial charge is 0.142 e. The molecule has 0 atom stereocenters. The van der Waals surface area contributed by atoms with Crippen molar-refractivity contribution in [1.29, 1.82) is 0 Å². The summed E-state index contributed by atoms with van der Waals surface area (Å²) in [6.07, 6.45) is 0.965. The Morgan fingerprint density at radius 2 is 1.82 bits per heavy atom. The van der Waals surface area contributed by atoms with Crippen LogP contribution in [-0.4, -0.2) is 30.3 Å². The van der Waals surface area contributed by atoms with Crippen molar-refractivity contribution in [2.45, 2.75) is 6.42 Å². The zero-order valence-electron chi connectivity index (χ0n) is 12.4. The Hall–Kier alpha value is -1.21. The van der Waals surface area contributed by atoms with Crippen LogP contribution in [0.15, 0.2) is 57.8 Å². The van der Waals surface area contributed by atoms with Crippen molar-refractivity contribution in [3.05, 3.63) is 65.7 Å². The van der Waals surface area contributed by atoms with Crippen LogP contribution in [0.1, 0.15) is 11.1 Å². The number of amidine groups is 1. The van der Waals surface area contributed by atoms with Crippen LogP contribution in [0.25, 0.3) is 0 Å². The number of benzene rings is 2.